The Bertz CT molecular complexity index is 335. The number of methoxy groups -OCH3 is 1. The summed E-state index contributed by atoms with van der Waals surface area (Å²) in [4.78, 5) is 11.6. The van der Waals surface area contributed by atoms with Crippen molar-refractivity contribution in [3.63, 3.8) is 0 Å². The number of hydrogen-bond donors (Lipinski definition) is 1. The van der Waals surface area contributed by atoms with Gasteiger partial charge in [0.15, 0.2) is 0 Å². The molecule has 0 saturated heterocycles. The summed E-state index contributed by atoms with van der Waals surface area (Å²) in [6, 6.07) is 9.82. The van der Waals surface area contributed by atoms with Crippen LogP contribution in [0.4, 0.5) is 0 Å². The fraction of sp³-hybridized carbons (Fsp3) is 0.500. The zero-order chi connectivity index (χ0) is 12.7. The lowest BCUT2D eigenvalue weighted by Gasteiger charge is -2.18. The normalized spacial score (nSPS) is 12.5. The highest BCUT2D eigenvalue weighted by molar-refractivity contribution is 5.75. The van der Waals surface area contributed by atoms with Gasteiger partial charge in [-0.15, -0.1) is 0 Å². The second kappa shape index (κ2) is 7.07. The number of hydrogen-bond acceptors (Lipinski definition) is 3. The van der Waals surface area contributed by atoms with Crippen molar-refractivity contribution in [3.05, 3.63) is 35.9 Å². The van der Waals surface area contributed by atoms with Crippen LogP contribution < -0.4 is 5.32 Å². The van der Waals surface area contributed by atoms with E-state index in [9.17, 15) is 4.79 Å². The zero-order valence-electron chi connectivity index (χ0n) is 10.8. The average Bonchev–Trinajstić information content (AvgIpc) is 2.34. The van der Waals surface area contributed by atoms with Gasteiger partial charge in [0.05, 0.1) is 7.11 Å². The molecular weight excluding hydrogens is 214 g/mol. The summed E-state index contributed by atoms with van der Waals surface area (Å²) in [6.45, 7) is 4.88. The second-order valence-electron chi connectivity index (χ2n) is 4.57. The van der Waals surface area contributed by atoms with Crippen LogP contribution in [0, 0.1) is 5.92 Å². The number of rotatable bonds is 6. The molecule has 0 bridgehead atoms. The number of nitrogens with one attached hydrogen (secondary N) is 1. The molecule has 1 rings (SSSR count). The highest BCUT2D eigenvalue weighted by atomic mass is 16.5. The lowest BCUT2D eigenvalue weighted by molar-refractivity contribution is -0.143. The van der Waals surface area contributed by atoms with Gasteiger partial charge < -0.3 is 10.1 Å². The van der Waals surface area contributed by atoms with Crippen molar-refractivity contribution in [1.29, 1.82) is 0 Å². The van der Waals surface area contributed by atoms with Gasteiger partial charge in [0.25, 0.3) is 0 Å². The number of esters is 1. The first-order valence-corrected chi connectivity index (χ1v) is 5.98. The Kier molecular flexibility index (Phi) is 5.70. The summed E-state index contributed by atoms with van der Waals surface area (Å²) in [7, 11) is 1.43. The van der Waals surface area contributed by atoms with E-state index in [2.05, 4.69) is 19.2 Å². The van der Waals surface area contributed by atoms with E-state index in [4.69, 9.17) is 4.74 Å². The van der Waals surface area contributed by atoms with Crippen LogP contribution in [-0.4, -0.2) is 19.1 Å². The minimum atomic E-state index is -0.222. The second-order valence-corrected chi connectivity index (χ2v) is 4.57. The summed E-state index contributed by atoms with van der Waals surface area (Å²) >= 11 is 0. The van der Waals surface area contributed by atoms with E-state index >= 15 is 0 Å². The molecule has 17 heavy (non-hydrogen) atoms. The Morgan fingerprint density at radius 1 is 1.29 bits per heavy atom. The summed E-state index contributed by atoms with van der Waals surface area (Å²) < 4.78 is 4.80. The van der Waals surface area contributed by atoms with Crippen LogP contribution in [0.25, 0.3) is 0 Å². The first-order valence-electron chi connectivity index (χ1n) is 5.98. The molecule has 1 aromatic rings. The molecule has 94 valence electrons. The smallest absolute Gasteiger partial charge is 0.322 e. The maximum atomic E-state index is 11.6. The molecule has 0 spiro atoms. The molecule has 0 amide bonds. The third kappa shape index (κ3) is 5.00. The van der Waals surface area contributed by atoms with Gasteiger partial charge in [0.2, 0.25) is 0 Å². The summed E-state index contributed by atoms with van der Waals surface area (Å²) in [5.74, 6) is 0.275. The molecule has 1 N–H and O–H groups in total. The summed E-state index contributed by atoms with van der Waals surface area (Å²) in [5, 5.41) is 3.24. The number of ether oxygens (including phenoxy) is 1. The van der Waals surface area contributed by atoms with Crippen LogP contribution in [0.15, 0.2) is 30.3 Å². The standard InChI is InChI=1S/C14H21NO2/c1-11(2)9-13(14(16)17-3)15-10-12-7-5-4-6-8-12/h4-8,11,13,15H,9-10H2,1-3H3/t13-/m0/s1. The van der Waals surface area contributed by atoms with E-state index in [-0.39, 0.29) is 12.0 Å². The fourth-order valence-electron chi connectivity index (χ4n) is 1.71. The quantitative estimate of drug-likeness (QED) is 0.769. The minimum Gasteiger partial charge on any atom is -0.468 e. The Balaban J connectivity index is 2.52. The van der Waals surface area contributed by atoms with E-state index in [1.54, 1.807) is 0 Å². The van der Waals surface area contributed by atoms with E-state index < -0.39 is 0 Å². The topological polar surface area (TPSA) is 38.3 Å². The molecule has 0 fully saturated rings. The van der Waals surface area contributed by atoms with Crippen LogP contribution in [-0.2, 0) is 16.1 Å². The molecule has 0 aromatic heterocycles. The van der Waals surface area contributed by atoms with Crippen molar-refractivity contribution >= 4 is 5.97 Å². The molecule has 1 aromatic carbocycles. The van der Waals surface area contributed by atoms with Crippen molar-refractivity contribution < 1.29 is 9.53 Å². The Hall–Kier alpha value is -1.35. The van der Waals surface area contributed by atoms with Crippen molar-refractivity contribution in [2.45, 2.75) is 32.9 Å². The van der Waals surface area contributed by atoms with Gasteiger partial charge in [0, 0.05) is 6.54 Å². The largest absolute Gasteiger partial charge is 0.468 e. The molecule has 0 aliphatic heterocycles. The van der Waals surface area contributed by atoms with E-state index in [0.717, 1.165) is 6.42 Å². The molecular formula is C14H21NO2. The molecule has 0 aliphatic rings. The van der Waals surface area contributed by atoms with E-state index in [0.29, 0.717) is 12.5 Å². The lowest BCUT2D eigenvalue weighted by atomic mass is 10.0. The minimum absolute atomic E-state index is 0.186. The van der Waals surface area contributed by atoms with Gasteiger partial charge in [-0.25, -0.2) is 0 Å². The maximum absolute atomic E-state index is 11.6. The average molecular weight is 235 g/mol. The molecule has 0 heterocycles. The van der Waals surface area contributed by atoms with Crippen LogP contribution >= 0.6 is 0 Å². The van der Waals surface area contributed by atoms with Gasteiger partial charge in [-0.2, -0.15) is 0 Å². The molecule has 3 heteroatoms. The SMILES string of the molecule is COC(=O)[C@H](CC(C)C)NCc1ccccc1. The lowest BCUT2D eigenvalue weighted by Crippen LogP contribution is -2.38. The molecule has 1 atom stereocenters. The van der Waals surface area contributed by atoms with Crippen LogP contribution in [0.5, 0.6) is 0 Å². The molecule has 3 nitrogen and oxygen atoms in total. The Labute approximate surface area is 103 Å². The van der Waals surface area contributed by atoms with Crippen LogP contribution in [0.1, 0.15) is 25.8 Å². The molecule has 0 saturated carbocycles. The summed E-state index contributed by atoms with van der Waals surface area (Å²) in [5.41, 5.74) is 1.17. The monoisotopic (exact) mass is 235 g/mol. The third-order valence-electron chi connectivity index (χ3n) is 2.59. The molecule has 0 radical (unpaired) electrons. The van der Waals surface area contributed by atoms with Crippen molar-refractivity contribution in [1.82, 2.24) is 5.32 Å². The predicted octanol–water partition coefficient (Wildman–Crippen LogP) is 2.36. The molecule has 0 aliphatic carbocycles. The maximum Gasteiger partial charge on any atom is 0.322 e. The van der Waals surface area contributed by atoms with Crippen LogP contribution in [0.2, 0.25) is 0 Å². The van der Waals surface area contributed by atoms with Crippen molar-refractivity contribution in [2.75, 3.05) is 7.11 Å². The molecule has 0 unspecified atom stereocenters. The summed E-state index contributed by atoms with van der Waals surface area (Å²) in [6.07, 6.45) is 0.791. The highest BCUT2D eigenvalue weighted by Gasteiger charge is 2.19. The van der Waals surface area contributed by atoms with Crippen LogP contribution in [0.3, 0.4) is 0 Å². The first kappa shape index (κ1) is 13.7. The van der Waals surface area contributed by atoms with Gasteiger partial charge in [-0.05, 0) is 17.9 Å². The van der Waals surface area contributed by atoms with E-state index in [1.807, 2.05) is 30.3 Å². The fourth-order valence-corrected chi connectivity index (χ4v) is 1.71. The van der Waals surface area contributed by atoms with Gasteiger partial charge >= 0.3 is 5.97 Å². The van der Waals surface area contributed by atoms with Gasteiger partial charge in [-0.3, -0.25) is 4.79 Å². The van der Waals surface area contributed by atoms with Crippen molar-refractivity contribution in [3.8, 4) is 0 Å². The Morgan fingerprint density at radius 2 is 1.94 bits per heavy atom. The van der Waals surface area contributed by atoms with E-state index in [1.165, 1.54) is 12.7 Å². The number of benzene rings is 1. The third-order valence-corrected chi connectivity index (χ3v) is 2.59. The highest BCUT2D eigenvalue weighted by Crippen LogP contribution is 2.07. The van der Waals surface area contributed by atoms with Crippen molar-refractivity contribution in [2.24, 2.45) is 5.92 Å². The zero-order valence-corrected chi connectivity index (χ0v) is 10.8. The predicted molar refractivity (Wildman–Crippen MR) is 68.5 cm³/mol. The van der Waals surface area contributed by atoms with Gasteiger partial charge in [0.1, 0.15) is 6.04 Å². The first-order chi connectivity index (χ1) is 8.13. The van der Waals surface area contributed by atoms with Gasteiger partial charge in [-0.1, -0.05) is 44.2 Å². The number of carbonyl (C=O) groups is 1. The number of carbonyl (C=O) groups excluding carboxylic acids is 1. The Morgan fingerprint density at radius 3 is 2.47 bits per heavy atom.